The van der Waals surface area contributed by atoms with Crippen LogP contribution in [-0.4, -0.2) is 31.1 Å². The molecule has 19 heavy (non-hydrogen) atoms. The lowest BCUT2D eigenvalue weighted by Gasteiger charge is -2.35. The number of nitrogens with zero attached hydrogens (tertiary/aromatic N) is 1. The van der Waals surface area contributed by atoms with E-state index in [1.54, 1.807) is 6.07 Å². The van der Waals surface area contributed by atoms with Crippen LogP contribution in [0.4, 0.5) is 4.39 Å². The van der Waals surface area contributed by atoms with E-state index in [0.717, 1.165) is 38.2 Å². The fourth-order valence-corrected chi connectivity index (χ4v) is 2.76. The molecule has 1 heterocycles. The highest BCUT2D eigenvalue weighted by Gasteiger charge is 2.22. The van der Waals surface area contributed by atoms with Crippen LogP contribution in [0.1, 0.15) is 38.3 Å². The van der Waals surface area contributed by atoms with Gasteiger partial charge in [0.25, 0.3) is 0 Å². The highest BCUT2D eigenvalue weighted by atomic mass is 19.1. The van der Waals surface area contributed by atoms with Gasteiger partial charge in [0.1, 0.15) is 5.82 Å². The van der Waals surface area contributed by atoms with E-state index < -0.39 is 0 Å². The Kier molecular flexibility index (Phi) is 5.34. The molecule has 0 aromatic heterocycles. The first kappa shape index (κ1) is 14.5. The van der Waals surface area contributed by atoms with Crippen molar-refractivity contribution < 1.29 is 4.39 Å². The van der Waals surface area contributed by atoms with Gasteiger partial charge >= 0.3 is 0 Å². The van der Waals surface area contributed by atoms with Crippen LogP contribution in [-0.2, 0) is 0 Å². The Morgan fingerprint density at radius 3 is 2.58 bits per heavy atom. The lowest BCUT2D eigenvalue weighted by molar-refractivity contribution is 0.159. The van der Waals surface area contributed by atoms with Crippen LogP contribution in [0.3, 0.4) is 0 Å². The van der Waals surface area contributed by atoms with E-state index in [0.29, 0.717) is 12.0 Å². The monoisotopic (exact) mass is 264 g/mol. The Bertz CT molecular complexity index is 386. The third-order valence-electron chi connectivity index (χ3n) is 3.84. The molecule has 0 saturated carbocycles. The molecule has 1 aromatic carbocycles. The molecular formula is C16H25FN2. The van der Waals surface area contributed by atoms with Gasteiger partial charge in [0.2, 0.25) is 0 Å². The average Bonchev–Trinajstić information content (AvgIpc) is 2.40. The SMILES string of the molecule is CC(C)CC[C@@H](c1cccc(F)c1)N1CCNCC1. The van der Waals surface area contributed by atoms with E-state index in [4.69, 9.17) is 0 Å². The molecule has 3 heteroatoms. The average molecular weight is 264 g/mol. The smallest absolute Gasteiger partial charge is 0.123 e. The molecule has 1 fully saturated rings. The first-order valence-electron chi connectivity index (χ1n) is 7.37. The van der Waals surface area contributed by atoms with Crippen molar-refractivity contribution in [2.75, 3.05) is 26.2 Å². The Balaban J connectivity index is 2.12. The molecule has 0 bridgehead atoms. The summed E-state index contributed by atoms with van der Waals surface area (Å²) < 4.78 is 13.5. The number of hydrogen-bond donors (Lipinski definition) is 1. The third-order valence-corrected chi connectivity index (χ3v) is 3.84. The van der Waals surface area contributed by atoms with Crippen molar-refractivity contribution >= 4 is 0 Å². The van der Waals surface area contributed by atoms with Gasteiger partial charge in [-0.3, -0.25) is 4.90 Å². The topological polar surface area (TPSA) is 15.3 Å². The van der Waals surface area contributed by atoms with Crippen LogP contribution in [0.15, 0.2) is 24.3 Å². The van der Waals surface area contributed by atoms with E-state index >= 15 is 0 Å². The summed E-state index contributed by atoms with van der Waals surface area (Å²) >= 11 is 0. The third kappa shape index (κ3) is 4.29. The molecule has 2 rings (SSSR count). The molecule has 2 nitrogen and oxygen atoms in total. The zero-order valence-corrected chi connectivity index (χ0v) is 12.0. The Morgan fingerprint density at radius 1 is 1.21 bits per heavy atom. The Labute approximate surface area is 116 Å². The molecule has 106 valence electrons. The second-order valence-electron chi connectivity index (χ2n) is 5.83. The summed E-state index contributed by atoms with van der Waals surface area (Å²) in [6.07, 6.45) is 2.30. The summed E-state index contributed by atoms with van der Waals surface area (Å²) in [4.78, 5) is 2.49. The molecule has 1 aliphatic rings. The summed E-state index contributed by atoms with van der Waals surface area (Å²) in [5.41, 5.74) is 1.13. The summed E-state index contributed by atoms with van der Waals surface area (Å²) in [6.45, 7) is 8.68. The van der Waals surface area contributed by atoms with Crippen LogP contribution in [0.25, 0.3) is 0 Å². The summed E-state index contributed by atoms with van der Waals surface area (Å²) in [6, 6.07) is 7.49. The minimum absolute atomic E-state index is 0.123. The zero-order valence-electron chi connectivity index (χ0n) is 12.0. The Hall–Kier alpha value is -0.930. The highest BCUT2D eigenvalue weighted by molar-refractivity contribution is 5.20. The quantitative estimate of drug-likeness (QED) is 0.878. The molecule has 0 radical (unpaired) electrons. The van der Waals surface area contributed by atoms with Gasteiger partial charge in [-0.15, -0.1) is 0 Å². The standard InChI is InChI=1S/C16H25FN2/c1-13(2)6-7-16(19-10-8-18-9-11-19)14-4-3-5-15(17)12-14/h3-5,12-13,16,18H,6-11H2,1-2H3/t16-/m0/s1. The van der Waals surface area contributed by atoms with Crippen LogP contribution < -0.4 is 5.32 Å². The van der Waals surface area contributed by atoms with Crippen molar-refractivity contribution in [3.8, 4) is 0 Å². The number of piperazine rings is 1. The van der Waals surface area contributed by atoms with Crippen molar-refractivity contribution in [3.63, 3.8) is 0 Å². The van der Waals surface area contributed by atoms with Crippen LogP contribution in [0, 0.1) is 11.7 Å². The van der Waals surface area contributed by atoms with E-state index in [9.17, 15) is 4.39 Å². The molecule has 1 aliphatic heterocycles. The first-order chi connectivity index (χ1) is 9.16. The van der Waals surface area contributed by atoms with Gasteiger partial charge in [-0.2, -0.15) is 0 Å². The number of benzene rings is 1. The first-order valence-corrected chi connectivity index (χ1v) is 7.37. The van der Waals surface area contributed by atoms with Crippen molar-refractivity contribution in [1.29, 1.82) is 0 Å². The normalized spacial score (nSPS) is 18.7. The van der Waals surface area contributed by atoms with E-state index in [2.05, 4.69) is 30.1 Å². The lowest BCUT2D eigenvalue weighted by atomic mass is 9.95. The molecule has 1 saturated heterocycles. The largest absolute Gasteiger partial charge is 0.314 e. The molecule has 0 amide bonds. The van der Waals surface area contributed by atoms with E-state index in [1.165, 1.54) is 12.5 Å². The Morgan fingerprint density at radius 2 is 1.95 bits per heavy atom. The number of hydrogen-bond acceptors (Lipinski definition) is 2. The zero-order chi connectivity index (χ0) is 13.7. The second kappa shape index (κ2) is 7.01. The van der Waals surface area contributed by atoms with Gasteiger partial charge in [-0.05, 0) is 36.5 Å². The maximum absolute atomic E-state index is 13.5. The maximum atomic E-state index is 13.5. The van der Waals surface area contributed by atoms with Crippen molar-refractivity contribution in [1.82, 2.24) is 10.2 Å². The number of nitrogens with one attached hydrogen (secondary N) is 1. The molecule has 1 aromatic rings. The second-order valence-corrected chi connectivity index (χ2v) is 5.83. The summed E-state index contributed by atoms with van der Waals surface area (Å²) in [5.74, 6) is 0.571. The molecule has 1 atom stereocenters. The van der Waals surface area contributed by atoms with E-state index in [-0.39, 0.29) is 5.82 Å². The number of rotatable bonds is 5. The fourth-order valence-electron chi connectivity index (χ4n) is 2.76. The minimum Gasteiger partial charge on any atom is -0.314 e. The van der Waals surface area contributed by atoms with Crippen molar-refractivity contribution in [2.45, 2.75) is 32.7 Å². The predicted octanol–water partition coefficient (Wildman–Crippen LogP) is 3.21. The van der Waals surface area contributed by atoms with Gasteiger partial charge in [0.15, 0.2) is 0 Å². The van der Waals surface area contributed by atoms with Gasteiger partial charge in [-0.25, -0.2) is 4.39 Å². The molecule has 0 unspecified atom stereocenters. The summed E-state index contributed by atoms with van der Waals surface area (Å²) in [5, 5.41) is 3.38. The molecule has 0 spiro atoms. The van der Waals surface area contributed by atoms with Crippen LogP contribution in [0.5, 0.6) is 0 Å². The number of halogens is 1. The van der Waals surface area contributed by atoms with Gasteiger partial charge in [-0.1, -0.05) is 26.0 Å². The summed E-state index contributed by atoms with van der Waals surface area (Å²) in [7, 11) is 0. The van der Waals surface area contributed by atoms with Gasteiger partial charge < -0.3 is 5.32 Å². The van der Waals surface area contributed by atoms with Crippen molar-refractivity contribution in [3.05, 3.63) is 35.6 Å². The van der Waals surface area contributed by atoms with Gasteiger partial charge in [0, 0.05) is 32.2 Å². The van der Waals surface area contributed by atoms with E-state index in [1.807, 2.05) is 6.07 Å². The molecular weight excluding hydrogens is 239 g/mol. The molecule has 1 N–H and O–H groups in total. The van der Waals surface area contributed by atoms with Crippen LogP contribution >= 0.6 is 0 Å². The predicted molar refractivity (Wildman–Crippen MR) is 77.7 cm³/mol. The minimum atomic E-state index is -0.123. The highest BCUT2D eigenvalue weighted by Crippen LogP contribution is 2.28. The lowest BCUT2D eigenvalue weighted by Crippen LogP contribution is -2.45. The van der Waals surface area contributed by atoms with Gasteiger partial charge in [0.05, 0.1) is 0 Å². The maximum Gasteiger partial charge on any atom is 0.123 e. The fraction of sp³-hybridized carbons (Fsp3) is 0.625. The van der Waals surface area contributed by atoms with Crippen molar-refractivity contribution in [2.24, 2.45) is 5.92 Å². The van der Waals surface area contributed by atoms with Crippen LogP contribution in [0.2, 0.25) is 0 Å². The molecule has 0 aliphatic carbocycles.